The Morgan fingerprint density at radius 2 is 1.88 bits per heavy atom. The minimum atomic E-state index is -5.72. The summed E-state index contributed by atoms with van der Waals surface area (Å²) in [6, 6.07) is 8.53. The smallest absolute Gasteiger partial charge is 0.376 e. The van der Waals surface area contributed by atoms with Crippen LogP contribution in [0, 0.1) is 5.92 Å². The Morgan fingerprint density at radius 1 is 1.17 bits per heavy atom. The zero-order chi connectivity index (χ0) is 17.5. The van der Waals surface area contributed by atoms with E-state index in [0.717, 1.165) is 18.9 Å². The van der Waals surface area contributed by atoms with Gasteiger partial charge in [-0.05, 0) is 42.5 Å². The molecule has 2 aromatic rings. The van der Waals surface area contributed by atoms with Crippen molar-refractivity contribution < 1.29 is 30.6 Å². The van der Waals surface area contributed by atoms with E-state index in [2.05, 4.69) is 9.50 Å². The second-order valence-electron chi connectivity index (χ2n) is 5.44. The Morgan fingerprint density at radius 3 is 2.50 bits per heavy atom. The van der Waals surface area contributed by atoms with Crippen molar-refractivity contribution in [2.45, 2.75) is 18.3 Å². The molecule has 0 unspecified atom stereocenters. The number of alkyl halides is 3. The van der Waals surface area contributed by atoms with Crippen LogP contribution in [0.1, 0.15) is 12.8 Å². The van der Waals surface area contributed by atoms with Gasteiger partial charge in [-0.2, -0.15) is 21.6 Å². The van der Waals surface area contributed by atoms with Crippen molar-refractivity contribution in [3.63, 3.8) is 0 Å². The van der Waals surface area contributed by atoms with E-state index in [4.69, 9.17) is 0 Å². The fourth-order valence-corrected chi connectivity index (χ4v) is 2.63. The van der Waals surface area contributed by atoms with Gasteiger partial charge in [0.25, 0.3) is 0 Å². The minimum absolute atomic E-state index is 0.000193. The standard InChI is InChI=1S/C15H12F3NO4S/c16-15(17,18)24(21,22)23-11-6-7-12-10(8-11)2-1-3-13(12)19-14(20)9-4-5-9/h1-3,6-9H,4-5H2,(H,19,20). The summed E-state index contributed by atoms with van der Waals surface area (Å²) in [6.07, 6.45) is 1.67. The van der Waals surface area contributed by atoms with Crippen LogP contribution >= 0.6 is 0 Å². The van der Waals surface area contributed by atoms with Gasteiger partial charge >= 0.3 is 15.6 Å². The van der Waals surface area contributed by atoms with Gasteiger partial charge < -0.3 is 9.50 Å². The van der Waals surface area contributed by atoms with Crippen LogP contribution in [0.25, 0.3) is 10.8 Å². The number of carbonyl (C=O) groups excluding carboxylic acids is 1. The Bertz CT molecular complexity index is 905. The maximum atomic E-state index is 12.4. The molecule has 1 amide bonds. The summed E-state index contributed by atoms with van der Waals surface area (Å²) >= 11 is 0. The lowest BCUT2D eigenvalue weighted by molar-refractivity contribution is -0.117. The van der Waals surface area contributed by atoms with E-state index < -0.39 is 21.4 Å². The lowest BCUT2D eigenvalue weighted by Gasteiger charge is -2.12. The van der Waals surface area contributed by atoms with E-state index in [-0.39, 0.29) is 11.8 Å². The van der Waals surface area contributed by atoms with Gasteiger partial charge in [0, 0.05) is 17.0 Å². The summed E-state index contributed by atoms with van der Waals surface area (Å²) in [5.74, 6) is -0.562. The number of anilines is 1. The molecule has 5 nitrogen and oxygen atoms in total. The molecule has 0 heterocycles. The van der Waals surface area contributed by atoms with E-state index in [0.29, 0.717) is 16.5 Å². The van der Waals surface area contributed by atoms with Crippen molar-refractivity contribution >= 4 is 32.5 Å². The summed E-state index contributed by atoms with van der Waals surface area (Å²) in [5.41, 5.74) is -4.99. The molecule has 1 N–H and O–H groups in total. The van der Waals surface area contributed by atoms with Crippen LogP contribution in [0.4, 0.5) is 18.9 Å². The third-order valence-corrected chi connectivity index (χ3v) is 4.53. The number of carbonyl (C=O) groups is 1. The molecule has 0 atom stereocenters. The average molecular weight is 359 g/mol. The summed E-state index contributed by atoms with van der Waals surface area (Å²) in [5, 5.41) is 3.78. The first-order chi connectivity index (χ1) is 11.2. The van der Waals surface area contributed by atoms with Gasteiger partial charge in [-0.3, -0.25) is 4.79 Å². The predicted octanol–water partition coefficient (Wildman–Crippen LogP) is 3.42. The highest BCUT2D eigenvalue weighted by atomic mass is 32.2. The maximum absolute atomic E-state index is 12.4. The Hall–Kier alpha value is -2.29. The van der Waals surface area contributed by atoms with Gasteiger partial charge in [-0.1, -0.05) is 12.1 Å². The highest BCUT2D eigenvalue weighted by molar-refractivity contribution is 7.88. The Kier molecular flexibility index (Phi) is 3.90. The number of hydrogen-bond donors (Lipinski definition) is 1. The first kappa shape index (κ1) is 16.6. The van der Waals surface area contributed by atoms with Crippen molar-refractivity contribution in [2.75, 3.05) is 5.32 Å². The number of amides is 1. The van der Waals surface area contributed by atoms with Crippen molar-refractivity contribution in [1.82, 2.24) is 0 Å². The quantitative estimate of drug-likeness (QED) is 0.671. The minimum Gasteiger partial charge on any atom is -0.376 e. The molecule has 2 aromatic carbocycles. The maximum Gasteiger partial charge on any atom is 0.534 e. The summed E-state index contributed by atoms with van der Waals surface area (Å²) in [7, 11) is -5.72. The number of rotatable bonds is 4. The van der Waals surface area contributed by atoms with Crippen LogP contribution in [0.15, 0.2) is 36.4 Å². The second kappa shape index (κ2) is 5.66. The van der Waals surface area contributed by atoms with Gasteiger partial charge in [0.2, 0.25) is 5.91 Å². The molecule has 1 aliphatic carbocycles. The normalized spacial score (nSPS) is 15.3. The van der Waals surface area contributed by atoms with Crippen molar-refractivity contribution in [3.8, 4) is 5.75 Å². The van der Waals surface area contributed by atoms with E-state index in [9.17, 15) is 26.4 Å². The molecule has 0 saturated heterocycles. The van der Waals surface area contributed by atoms with Crippen LogP contribution in [0.3, 0.4) is 0 Å². The molecule has 0 radical (unpaired) electrons. The SMILES string of the molecule is O=C(Nc1cccc2cc(OS(=O)(=O)C(F)(F)F)ccc12)C1CC1. The highest BCUT2D eigenvalue weighted by Gasteiger charge is 2.48. The van der Waals surface area contributed by atoms with Crippen molar-refractivity contribution in [2.24, 2.45) is 5.92 Å². The van der Waals surface area contributed by atoms with Gasteiger partial charge in [-0.15, -0.1) is 0 Å². The molecule has 0 aromatic heterocycles. The molecule has 24 heavy (non-hydrogen) atoms. The molecule has 9 heteroatoms. The van der Waals surface area contributed by atoms with E-state index >= 15 is 0 Å². The molecule has 128 valence electrons. The van der Waals surface area contributed by atoms with Crippen molar-refractivity contribution in [3.05, 3.63) is 36.4 Å². The van der Waals surface area contributed by atoms with Crippen LogP contribution in [-0.2, 0) is 14.9 Å². The molecular formula is C15H12F3NO4S. The summed E-state index contributed by atoms with van der Waals surface area (Å²) in [6.45, 7) is 0. The largest absolute Gasteiger partial charge is 0.534 e. The number of halogens is 3. The Balaban J connectivity index is 1.90. The van der Waals surface area contributed by atoms with Crippen molar-refractivity contribution in [1.29, 1.82) is 0 Å². The average Bonchev–Trinajstić information content (AvgIpc) is 3.30. The van der Waals surface area contributed by atoms with Crippen LogP contribution < -0.4 is 9.50 Å². The van der Waals surface area contributed by atoms with Gasteiger partial charge in [0.05, 0.1) is 0 Å². The van der Waals surface area contributed by atoms with Crippen LogP contribution in [0.2, 0.25) is 0 Å². The highest BCUT2D eigenvalue weighted by Crippen LogP contribution is 2.33. The Labute approximate surface area is 135 Å². The third-order valence-electron chi connectivity index (χ3n) is 3.55. The van der Waals surface area contributed by atoms with Crippen LogP contribution in [0.5, 0.6) is 5.75 Å². The number of benzene rings is 2. The molecule has 1 fully saturated rings. The lowest BCUT2D eigenvalue weighted by Crippen LogP contribution is -2.28. The molecule has 0 spiro atoms. The topological polar surface area (TPSA) is 72.5 Å². The first-order valence-corrected chi connectivity index (χ1v) is 8.42. The number of nitrogens with one attached hydrogen (secondary N) is 1. The molecule has 0 aliphatic heterocycles. The fourth-order valence-electron chi connectivity index (χ4n) is 2.18. The van der Waals surface area contributed by atoms with E-state index in [1.54, 1.807) is 18.2 Å². The predicted molar refractivity (Wildman–Crippen MR) is 80.9 cm³/mol. The fraction of sp³-hybridized carbons (Fsp3) is 0.267. The third kappa shape index (κ3) is 3.30. The number of hydrogen-bond acceptors (Lipinski definition) is 4. The molecule has 3 rings (SSSR count). The number of fused-ring (bicyclic) bond motifs is 1. The van der Waals surface area contributed by atoms with Gasteiger partial charge in [-0.25, -0.2) is 0 Å². The molecule has 1 aliphatic rings. The van der Waals surface area contributed by atoms with Crippen LogP contribution in [-0.4, -0.2) is 19.8 Å². The zero-order valence-corrected chi connectivity index (χ0v) is 12.9. The lowest BCUT2D eigenvalue weighted by atomic mass is 10.1. The molecule has 1 saturated carbocycles. The molecule has 0 bridgehead atoms. The monoisotopic (exact) mass is 359 g/mol. The zero-order valence-electron chi connectivity index (χ0n) is 12.1. The van der Waals surface area contributed by atoms with E-state index in [1.165, 1.54) is 12.1 Å². The van der Waals surface area contributed by atoms with Gasteiger partial charge in [0.15, 0.2) is 0 Å². The second-order valence-corrected chi connectivity index (χ2v) is 6.97. The molecular weight excluding hydrogens is 347 g/mol. The summed E-state index contributed by atoms with van der Waals surface area (Å²) in [4.78, 5) is 11.8. The van der Waals surface area contributed by atoms with Gasteiger partial charge in [0.1, 0.15) is 5.75 Å². The van der Waals surface area contributed by atoms with E-state index in [1.807, 2.05) is 0 Å². The summed E-state index contributed by atoms with van der Waals surface area (Å²) < 4.78 is 63.3. The first-order valence-electron chi connectivity index (χ1n) is 7.02.